The summed E-state index contributed by atoms with van der Waals surface area (Å²) in [6.07, 6.45) is 0.808. The van der Waals surface area contributed by atoms with Gasteiger partial charge in [0, 0.05) is 18.3 Å². The fraction of sp³-hybridized carbons (Fsp3) is 0.600. The Morgan fingerprint density at radius 1 is 1.50 bits per heavy atom. The lowest BCUT2D eigenvalue weighted by atomic mass is 10.2. The molecule has 1 aromatic heterocycles. The summed E-state index contributed by atoms with van der Waals surface area (Å²) in [5.74, 6) is -0.956. The molecular weight excluding hydrogens is 180 g/mol. The first-order chi connectivity index (χ1) is 6.57. The third kappa shape index (κ3) is 2.34. The van der Waals surface area contributed by atoms with E-state index in [0.29, 0.717) is 0 Å². The fourth-order valence-corrected chi connectivity index (χ4v) is 1.36. The Bertz CT molecular complexity index is 316. The SMILES string of the molecule is CC.CCc1c(C)c(C(=O)O)nn1C. The molecule has 1 rings (SSSR count). The van der Waals surface area contributed by atoms with Crippen LogP contribution in [0.25, 0.3) is 0 Å². The monoisotopic (exact) mass is 198 g/mol. The highest BCUT2D eigenvalue weighted by molar-refractivity contribution is 5.87. The largest absolute Gasteiger partial charge is 0.476 e. The second kappa shape index (κ2) is 5.42. The van der Waals surface area contributed by atoms with Gasteiger partial charge in [0.2, 0.25) is 0 Å². The van der Waals surface area contributed by atoms with Crippen LogP contribution in [0.15, 0.2) is 0 Å². The number of aromatic carboxylic acids is 1. The first-order valence-corrected chi connectivity index (χ1v) is 4.83. The molecule has 0 spiro atoms. The molecule has 0 unspecified atom stereocenters. The lowest BCUT2D eigenvalue weighted by molar-refractivity contribution is 0.0689. The molecule has 4 heteroatoms. The van der Waals surface area contributed by atoms with E-state index < -0.39 is 5.97 Å². The van der Waals surface area contributed by atoms with Crippen LogP contribution >= 0.6 is 0 Å². The summed E-state index contributed by atoms with van der Waals surface area (Å²) in [7, 11) is 1.76. The maximum absolute atomic E-state index is 10.6. The Kier molecular flexibility index (Phi) is 4.91. The van der Waals surface area contributed by atoms with E-state index in [0.717, 1.165) is 17.7 Å². The number of rotatable bonds is 2. The Morgan fingerprint density at radius 3 is 2.21 bits per heavy atom. The Labute approximate surface area is 84.6 Å². The van der Waals surface area contributed by atoms with Gasteiger partial charge < -0.3 is 5.11 Å². The molecule has 0 saturated heterocycles. The van der Waals surface area contributed by atoms with Gasteiger partial charge >= 0.3 is 5.97 Å². The van der Waals surface area contributed by atoms with Crippen molar-refractivity contribution >= 4 is 5.97 Å². The zero-order valence-electron chi connectivity index (χ0n) is 9.46. The van der Waals surface area contributed by atoms with E-state index in [1.165, 1.54) is 0 Å². The van der Waals surface area contributed by atoms with Crippen LogP contribution < -0.4 is 0 Å². The predicted molar refractivity (Wildman–Crippen MR) is 55.6 cm³/mol. The van der Waals surface area contributed by atoms with Crippen LogP contribution in [-0.4, -0.2) is 20.9 Å². The second-order valence-electron chi connectivity index (χ2n) is 2.70. The van der Waals surface area contributed by atoms with Crippen LogP contribution in [0.4, 0.5) is 0 Å². The number of carboxylic acid groups (broad SMARTS) is 1. The standard InChI is InChI=1S/C8H12N2O2.C2H6/c1-4-6-5(2)7(8(11)12)9-10(6)3;1-2/h4H2,1-3H3,(H,11,12);1-2H3. The predicted octanol–water partition coefficient (Wildman–Crippen LogP) is 2.02. The zero-order valence-corrected chi connectivity index (χ0v) is 9.46. The van der Waals surface area contributed by atoms with E-state index in [-0.39, 0.29) is 5.69 Å². The Morgan fingerprint density at radius 2 is 2.00 bits per heavy atom. The van der Waals surface area contributed by atoms with E-state index >= 15 is 0 Å². The van der Waals surface area contributed by atoms with Crippen molar-refractivity contribution < 1.29 is 9.90 Å². The van der Waals surface area contributed by atoms with E-state index in [1.54, 1.807) is 18.7 Å². The van der Waals surface area contributed by atoms with Gasteiger partial charge in [-0.3, -0.25) is 4.68 Å². The van der Waals surface area contributed by atoms with Crippen molar-refractivity contribution in [3.63, 3.8) is 0 Å². The van der Waals surface area contributed by atoms with Gasteiger partial charge in [-0.05, 0) is 13.3 Å². The van der Waals surface area contributed by atoms with Crippen molar-refractivity contribution in [2.45, 2.75) is 34.1 Å². The molecule has 1 aromatic rings. The maximum atomic E-state index is 10.6. The van der Waals surface area contributed by atoms with Crippen molar-refractivity contribution in [3.8, 4) is 0 Å². The highest BCUT2D eigenvalue weighted by Crippen LogP contribution is 2.12. The Balaban J connectivity index is 0.000000791. The van der Waals surface area contributed by atoms with Crippen LogP contribution in [0.1, 0.15) is 42.5 Å². The van der Waals surface area contributed by atoms with E-state index in [9.17, 15) is 4.79 Å². The van der Waals surface area contributed by atoms with E-state index in [1.807, 2.05) is 20.8 Å². The fourth-order valence-electron chi connectivity index (χ4n) is 1.36. The van der Waals surface area contributed by atoms with E-state index in [2.05, 4.69) is 5.10 Å². The van der Waals surface area contributed by atoms with Crippen LogP contribution in [0.2, 0.25) is 0 Å². The molecule has 80 valence electrons. The molecule has 14 heavy (non-hydrogen) atoms. The van der Waals surface area contributed by atoms with Gasteiger partial charge in [-0.15, -0.1) is 0 Å². The van der Waals surface area contributed by atoms with Crippen molar-refractivity contribution in [1.82, 2.24) is 9.78 Å². The lowest BCUT2D eigenvalue weighted by Gasteiger charge is -1.96. The molecule has 0 aliphatic carbocycles. The van der Waals surface area contributed by atoms with Gasteiger partial charge in [0.05, 0.1) is 0 Å². The van der Waals surface area contributed by atoms with Crippen molar-refractivity contribution in [1.29, 1.82) is 0 Å². The quantitative estimate of drug-likeness (QED) is 0.790. The molecule has 0 radical (unpaired) electrons. The van der Waals surface area contributed by atoms with Crippen molar-refractivity contribution in [2.75, 3.05) is 0 Å². The molecule has 0 aliphatic heterocycles. The van der Waals surface area contributed by atoms with Crippen LogP contribution in [0.3, 0.4) is 0 Å². The summed E-state index contributed by atoms with van der Waals surface area (Å²) in [6.45, 7) is 7.77. The summed E-state index contributed by atoms with van der Waals surface area (Å²) in [5, 5.41) is 12.6. The van der Waals surface area contributed by atoms with E-state index in [4.69, 9.17) is 5.11 Å². The molecule has 0 bridgehead atoms. The smallest absolute Gasteiger partial charge is 0.356 e. The minimum absolute atomic E-state index is 0.161. The number of hydrogen-bond acceptors (Lipinski definition) is 2. The van der Waals surface area contributed by atoms with Gasteiger partial charge in [0.25, 0.3) is 0 Å². The number of nitrogens with zero attached hydrogens (tertiary/aromatic N) is 2. The molecule has 1 heterocycles. The summed E-state index contributed by atoms with van der Waals surface area (Å²) in [5.41, 5.74) is 1.91. The second-order valence-corrected chi connectivity index (χ2v) is 2.70. The third-order valence-corrected chi connectivity index (χ3v) is 1.97. The average molecular weight is 198 g/mol. The van der Waals surface area contributed by atoms with Gasteiger partial charge in [0.15, 0.2) is 5.69 Å². The topological polar surface area (TPSA) is 55.1 Å². The van der Waals surface area contributed by atoms with Gasteiger partial charge in [-0.25, -0.2) is 4.79 Å². The number of hydrogen-bond donors (Lipinski definition) is 1. The lowest BCUT2D eigenvalue weighted by Crippen LogP contribution is -2.00. The number of aryl methyl sites for hydroxylation is 1. The zero-order chi connectivity index (χ0) is 11.3. The summed E-state index contributed by atoms with van der Waals surface area (Å²) >= 11 is 0. The van der Waals surface area contributed by atoms with Crippen LogP contribution in [0.5, 0.6) is 0 Å². The van der Waals surface area contributed by atoms with Gasteiger partial charge in [0.1, 0.15) is 0 Å². The number of aromatic nitrogens is 2. The molecule has 0 aromatic carbocycles. The van der Waals surface area contributed by atoms with Crippen LogP contribution in [0, 0.1) is 6.92 Å². The van der Waals surface area contributed by atoms with Crippen molar-refractivity contribution in [3.05, 3.63) is 17.0 Å². The summed E-state index contributed by atoms with van der Waals surface area (Å²) in [6, 6.07) is 0. The highest BCUT2D eigenvalue weighted by atomic mass is 16.4. The molecule has 0 atom stereocenters. The molecule has 0 fully saturated rings. The van der Waals surface area contributed by atoms with Crippen LogP contribution in [-0.2, 0) is 13.5 Å². The minimum Gasteiger partial charge on any atom is -0.476 e. The Hall–Kier alpha value is -1.32. The first-order valence-electron chi connectivity index (χ1n) is 4.83. The summed E-state index contributed by atoms with van der Waals surface area (Å²) in [4.78, 5) is 10.6. The molecule has 0 aliphatic rings. The molecule has 0 amide bonds. The highest BCUT2D eigenvalue weighted by Gasteiger charge is 2.15. The molecule has 1 N–H and O–H groups in total. The average Bonchev–Trinajstić information content (AvgIpc) is 2.45. The third-order valence-electron chi connectivity index (χ3n) is 1.97. The van der Waals surface area contributed by atoms with Crippen molar-refractivity contribution in [2.24, 2.45) is 7.05 Å². The number of carboxylic acids is 1. The van der Waals surface area contributed by atoms with Gasteiger partial charge in [-0.1, -0.05) is 20.8 Å². The molecule has 0 saturated carbocycles. The minimum atomic E-state index is -0.956. The maximum Gasteiger partial charge on any atom is 0.356 e. The van der Waals surface area contributed by atoms with Gasteiger partial charge in [-0.2, -0.15) is 5.10 Å². The number of carbonyl (C=O) groups is 1. The normalized spacial score (nSPS) is 9.21. The summed E-state index contributed by atoms with van der Waals surface area (Å²) < 4.78 is 1.62. The molecule has 4 nitrogen and oxygen atoms in total. The first kappa shape index (κ1) is 12.7. The molecular formula is C10H18N2O2.